The first-order valence-electron chi connectivity index (χ1n) is 6.32. The van der Waals surface area contributed by atoms with Crippen molar-refractivity contribution in [2.45, 2.75) is 0 Å². The normalized spacial score (nSPS) is 10.8. The van der Waals surface area contributed by atoms with Crippen LogP contribution in [-0.4, -0.2) is 19.8 Å². The Morgan fingerprint density at radius 3 is 2.48 bits per heavy atom. The molecular formula is C17H15NO3. The second kappa shape index (κ2) is 7.05. The maximum absolute atomic E-state index is 11.5. The number of carbonyl (C=O) groups is 1. The van der Waals surface area contributed by atoms with Gasteiger partial charge in [0.1, 0.15) is 17.2 Å². The van der Waals surface area contributed by atoms with Crippen LogP contribution in [0.15, 0.2) is 65.3 Å². The molecule has 0 aliphatic rings. The highest BCUT2D eigenvalue weighted by Gasteiger charge is 2.07. The van der Waals surface area contributed by atoms with Crippen molar-refractivity contribution in [3.05, 3.63) is 65.9 Å². The third kappa shape index (κ3) is 4.04. The summed E-state index contributed by atoms with van der Waals surface area (Å²) in [5, 5.41) is 0. The van der Waals surface area contributed by atoms with E-state index in [9.17, 15) is 4.79 Å². The fraction of sp³-hybridized carbons (Fsp3) is 0.0588. The Morgan fingerprint density at radius 2 is 1.81 bits per heavy atom. The smallest absolute Gasteiger partial charge is 0.356 e. The van der Waals surface area contributed by atoms with Crippen molar-refractivity contribution in [1.82, 2.24) is 0 Å². The van der Waals surface area contributed by atoms with Gasteiger partial charge in [-0.15, -0.1) is 0 Å². The summed E-state index contributed by atoms with van der Waals surface area (Å²) in [4.78, 5) is 15.1. The largest absolute Gasteiger partial charge is 0.464 e. The van der Waals surface area contributed by atoms with Crippen LogP contribution < -0.4 is 4.74 Å². The van der Waals surface area contributed by atoms with Gasteiger partial charge in [0.15, 0.2) is 0 Å². The van der Waals surface area contributed by atoms with Gasteiger partial charge in [-0.3, -0.25) is 4.99 Å². The molecule has 0 aromatic heterocycles. The van der Waals surface area contributed by atoms with Crippen molar-refractivity contribution in [2.75, 3.05) is 7.11 Å². The van der Waals surface area contributed by atoms with Crippen LogP contribution >= 0.6 is 0 Å². The maximum atomic E-state index is 11.5. The summed E-state index contributed by atoms with van der Waals surface area (Å²) in [6, 6.07) is 16.8. The third-order valence-corrected chi connectivity index (χ3v) is 2.71. The molecule has 0 spiro atoms. The first-order chi connectivity index (χ1) is 10.2. The van der Waals surface area contributed by atoms with E-state index in [4.69, 9.17) is 4.74 Å². The third-order valence-electron chi connectivity index (χ3n) is 2.71. The number of hydrogen-bond acceptors (Lipinski definition) is 4. The number of ether oxygens (including phenoxy) is 2. The minimum Gasteiger partial charge on any atom is -0.464 e. The molecule has 0 radical (unpaired) electrons. The molecular weight excluding hydrogens is 266 g/mol. The Hall–Kier alpha value is -2.88. The molecule has 0 bridgehead atoms. The molecule has 0 amide bonds. The molecule has 0 saturated heterocycles. The summed E-state index contributed by atoms with van der Waals surface area (Å²) in [5.74, 6) is 0.885. The lowest BCUT2D eigenvalue weighted by molar-refractivity contribution is -0.136. The van der Waals surface area contributed by atoms with E-state index in [0.29, 0.717) is 5.75 Å². The predicted octanol–water partition coefficient (Wildman–Crippen LogP) is 3.69. The fourth-order valence-electron chi connectivity index (χ4n) is 1.72. The van der Waals surface area contributed by atoms with E-state index < -0.39 is 5.97 Å². The SMILES string of the molecule is C=N/C(=C\c1cccc(Oc2ccccc2)c1)C(=O)OC. The molecule has 4 nitrogen and oxygen atoms in total. The lowest BCUT2D eigenvalue weighted by Gasteiger charge is -2.06. The van der Waals surface area contributed by atoms with E-state index in [2.05, 4.69) is 16.4 Å². The second-order valence-corrected chi connectivity index (χ2v) is 4.17. The number of para-hydroxylation sites is 1. The van der Waals surface area contributed by atoms with Crippen molar-refractivity contribution in [3.63, 3.8) is 0 Å². The van der Waals surface area contributed by atoms with Crippen molar-refractivity contribution >= 4 is 18.8 Å². The lowest BCUT2D eigenvalue weighted by atomic mass is 10.2. The average molecular weight is 281 g/mol. The zero-order chi connectivity index (χ0) is 15.1. The van der Waals surface area contributed by atoms with E-state index in [0.717, 1.165) is 11.3 Å². The van der Waals surface area contributed by atoms with E-state index >= 15 is 0 Å². The van der Waals surface area contributed by atoms with Crippen LogP contribution in [0, 0.1) is 0 Å². The van der Waals surface area contributed by atoms with Gasteiger partial charge >= 0.3 is 5.97 Å². The highest BCUT2D eigenvalue weighted by molar-refractivity contribution is 5.94. The van der Waals surface area contributed by atoms with Crippen LogP contribution in [0.5, 0.6) is 11.5 Å². The van der Waals surface area contributed by atoms with Crippen molar-refractivity contribution in [2.24, 2.45) is 4.99 Å². The number of rotatable bonds is 5. The van der Waals surface area contributed by atoms with Gasteiger partial charge in [-0.1, -0.05) is 30.3 Å². The van der Waals surface area contributed by atoms with Crippen LogP contribution in [0.1, 0.15) is 5.56 Å². The monoisotopic (exact) mass is 281 g/mol. The predicted molar refractivity (Wildman–Crippen MR) is 82.5 cm³/mol. The number of esters is 1. The summed E-state index contributed by atoms with van der Waals surface area (Å²) >= 11 is 0. The summed E-state index contributed by atoms with van der Waals surface area (Å²) in [5.41, 5.74) is 0.922. The number of methoxy groups -OCH3 is 1. The number of benzene rings is 2. The van der Waals surface area contributed by atoms with Crippen molar-refractivity contribution < 1.29 is 14.3 Å². The van der Waals surface area contributed by atoms with Crippen LogP contribution in [0.4, 0.5) is 0 Å². The quantitative estimate of drug-likeness (QED) is 0.477. The average Bonchev–Trinajstić information content (AvgIpc) is 2.53. The molecule has 2 rings (SSSR count). The van der Waals surface area contributed by atoms with Gasteiger partial charge in [0.2, 0.25) is 0 Å². The molecule has 4 heteroatoms. The van der Waals surface area contributed by atoms with E-state index in [1.807, 2.05) is 48.5 Å². The highest BCUT2D eigenvalue weighted by Crippen LogP contribution is 2.23. The maximum Gasteiger partial charge on any atom is 0.356 e. The number of hydrogen-bond donors (Lipinski definition) is 0. The van der Waals surface area contributed by atoms with Crippen LogP contribution in [0.2, 0.25) is 0 Å². The first-order valence-corrected chi connectivity index (χ1v) is 6.32. The standard InChI is InChI=1S/C17H15NO3/c1-18-16(17(19)20-2)12-13-7-6-10-15(11-13)21-14-8-4-3-5-9-14/h3-12H,1H2,2H3/b16-12-. The van der Waals surface area contributed by atoms with E-state index in [-0.39, 0.29) is 5.70 Å². The highest BCUT2D eigenvalue weighted by atomic mass is 16.5. The Kier molecular flexibility index (Phi) is 4.88. The molecule has 0 atom stereocenters. The molecule has 2 aromatic carbocycles. The minimum absolute atomic E-state index is 0.148. The molecule has 0 unspecified atom stereocenters. The second-order valence-electron chi connectivity index (χ2n) is 4.17. The molecule has 0 heterocycles. The van der Waals surface area contributed by atoms with Gasteiger partial charge in [-0.25, -0.2) is 4.79 Å². The molecule has 106 valence electrons. The molecule has 0 saturated carbocycles. The van der Waals surface area contributed by atoms with Gasteiger partial charge in [-0.2, -0.15) is 0 Å². The Balaban J connectivity index is 2.23. The minimum atomic E-state index is -0.528. The molecule has 0 N–H and O–H groups in total. The van der Waals surface area contributed by atoms with Crippen LogP contribution in [0.25, 0.3) is 6.08 Å². The van der Waals surface area contributed by atoms with Gasteiger partial charge < -0.3 is 9.47 Å². The van der Waals surface area contributed by atoms with E-state index in [1.54, 1.807) is 12.1 Å². The zero-order valence-electron chi connectivity index (χ0n) is 11.7. The Labute approximate surface area is 123 Å². The Bertz CT molecular complexity index is 663. The van der Waals surface area contributed by atoms with Gasteiger partial charge in [-0.05, 0) is 42.6 Å². The molecule has 0 aliphatic heterocycles. The number of aliphatic imine (C=N–C) groups is 1. The topological polar surface area (TPSA) is 47.9 Å². The fourth-order valence-corrected chi connectivity index (χ4v) is 1.72. The lowest BCUT2D eigenvalue weighted by Crippen LogP contribution is -2.02. The molecule has 2 aromatic rings. The van der Waals surface area contributed by atoms with E-state index in [1.165, 1.54) is 7.11 Å². The number of carbonyl (C=O) groups excluding carboxylic acids is 1. The van der Waals surface area contributed by atoms with Gasteiger partial charge in [0.05, 0.1) is 7.11 Å². The van der Waals surface area contributed by atoms with Crippen molar-refractivity contribution in [1.29, 1.82) is 0 Å². The summed E-state index contributed by atoms with van der Waals surface area (Å²) < 4.78 is 10.4. The summed E-state index contributed by atoms with van der Waals surface area (Å²) in [6.07, 6.45) is 1.59. The van der Waals surface area contributed by atoms with Crippen LogP contribution in [0.3, 0.4) is 0 Å². The first kappa shape index (κ1) is 14.5. The molecule has 0 aliphatic carbocycles. The van der Waals surface area contributed by atoms with Gasteiger partial charge in [0.25, 0.3) is 0 Å². The van der Waals surface area contributed by atoms with Crippen LogP contribution in [-0.2, 0) is 9.53 Å². The van der Waals surface area contributed by atoms with Crippen molar-refractivity contribution in [3.8, 4) is 11.5 Å². The molecule has 21 heavy (non-hydrogen) atoms. The zero-order valence-corrected chi connectivity index (χ0v) is 11.7. The summed E-state index contributed by atoms with van der Waals surface area (Å²) in [6.45, 7) is 3.37. The molecule has 0 fully saturated rings. The van der Waals surface area contributed by atoms with Gasteiger partial charge in [0, 0.05) is 0 Å². The Morgan fingerprint density at radius 1 is 1.10 bits per heavy atom. The summed E-state index contributed by atoms with van der Waals surface area (Å²) in [7, 11) is 1.30. The number of nitrogens with zero attached hydrogens (tertiary/aromatic N) is 1.